The Bertz CT molecular complexity index is 963. The molecule has 1 saturated heterocycles. The molecule has 0 radical (unpaired) electrons. The van der Waals surface area contributed by atoms with E-state index in [9.17, 15) is 4.79 Å². The van der Waals surface area contributed by atoms with Crippen molar-refractivity contribution in [1.82, 2.24) is 15.1 Å². The molecule has 3 aromatic rings. The fraction of sp³-hybridized carbons (Fsp3) is 0.286. The Hall–Kier alpha value is -3.35. The highest BCUT2D eigenvalue weighted by molar-refractivity contribution is 5.96. The van der Waals surface area contributed by atoms with Crippen LogP contribution in [0, 0.1) is 6.92 Å². The summed E-state index contributed by atoms with van der Waals surface area (Å²) in [5.41, 5.74) is 2.58. The number of amides is 1. The van der Waals surface area contributed by atoms with Gasteiger partial charge in [-0.25, -0.2) is 0 Å². The lowest BCUT2D eigenvalue weighted by atomic mass is 10.0. The van der Waals surface area contributed by atoms with E-state index in [4.69, 9.17) is 9.15 Å². The smallest absolute Gasteiger partial charge is 0.318 e. The number of rotatable bonds is 4. The van der Waals surface area contributed by atoms with E-state index in [-0.39, 0.29) is 5.91 Å². The zero-order chi connectivity index (χ0) is 19.5. The fourth-order valence-electron chi connectivity index (χ4n) is 3.38. The van der Waals surface area contributed by atoms with Crippen LogP contribution in [-0.2, 0) is 0 Å². The van der Waals surface area contributed by atoms with Crippen LogP contribution in [0.25, 0.3) is 11.1 Å². The number of hydrogen-bond donors (Lipinski definition) is 0. The number of nitrogens with zero attached hydrogens (tertiary/aromatic N) is 4. The number of carbonyl (C=O) groups is 1. The molecule has 2 aromatic carbocycles. The minimum atomic E-state index is 0.0150. The van der Waals surface area contributed by atoms with E-state index in [2.05, 4.69) is 10.2 Å². The molecule has 0 spiro atoms. The monoisotopic (exact) mass is 378 g/mol. The number of carbonyl (C=O) groups excluding carboxylic acids is 1. The van der Waals surface area contributed by atoms with Gasteiger partial charge in [-0.05, 0) is 23.8 Å². The van der Waals surface area contributed by atoms with E-state index in [1.807, 2.05) is 58.3 Å². The van der Waals surface area contributed by atoms with Crippen LogP contribution in [0.1, 0.15) is 16.2 Å². The van der Waals surface area contributed by atoms with Gasteiger partial charge < -0.3 is 19.0 Å². The van der Waals surface area contributed by atoms with Crippen LogP contribution in [0.2, 0.25) is 0 Å². The first-order valence-electron chi connectivity index (χ1n) is 9.23. The number of methoxy groups -OCH3 is 1. The number of benzene rings is 2. The highest BCUT2D eigenvalue weighted by Crippen LogP contribution is 2.31. The third kappa shape index (κ3) is 3.55. The topological polar surface area (TPSA) is 71.7 Å². The maximum absolute atomic E-state index is 13.0. The SMILES string of the molecule is COc1ccc(C(=O)N2CCN(c3nnc(C)o3)CC2)cc1-c1ccccc1. The van der Waals surface area contributed by atoms with Crippen molar-refractivity contribution >= 4 is 11.9 Å². The van der Waals surface area contributed by atoms with Crippen LogP contribution in [0.4, 0.5) is 6.01 Å². The summed E-state index contributed by atoms with van der Waals surface area (Å²) < 4.78 is 11.0. The molecule has 1 aliphatic rings. The Morgan fingerprint density at radius 3 is 2.43 bits per heavy atom. The molecule has 0 saturated carbocycles. The number of piperazine rings is 1. The van der Waals surface area contributed by atoms with Gasteiger partial charge in [0.25, 0.3) is 5.91 Å². The second-order valence-corrected chi connectivity index (χ2v) is 6.66. The fourth-order valence-corrected chi connectivity index (χ4v) is 3.38. The van der Waals surface area contributed by atoms with Crippen molar-refractivity contribution in [3.63, 3.8) is 0 Å². The van der Waals surface area contributed by atoms with Crippen molar-refractivity contribution in [3.8, 4) is 16.9 Å². The second kappa shape index (κ2) is 7.72. The lowest BCUT2D eigenvalue weighted by Gasteiger charge is -2.33. The second-order valence-electron chi connectivity index (χ2n) is 6.66. The Kier molecular flexibility index (Phi) is 4.97. The third-order valence-corrected chi connectivity index (χ3v) is 4.88. The van der Waals surface area contributed by atoms with E-state index < -0.39 is 0 Å². The van der Waals surface area contributed by atoms with Crippen LogP contribution in [-0.4, -0.2) is 54.3 Å². The average molecular weight is 378 g/mol. The molecule has 2 heterocycles. The zero-order valence-corrected chi connectivity index (χ0v) is 16.0. The molecule has 0 unspecified atom stereocenters. The van der Waals surface area contributed by atoms with Gasteiger partial charge in [0, 0.05) is 44.2 Å². The lowest BCUT2D eigenvalue weighted by molar-refractivity contribution is 0.0745. The van der Waals surface area contributed by atoms with Gasteiger partial charge in [0.15, 0.2) is 0 Å². The molecule has 4 rings (SSSR count). The van der Waals surface area contributed by atoms with Gasteiger partial charge in [-0.2, -0.15) is 0 Å². The highest BCUT2D eigenvalue weighted by Gasteiger charge is 2.25. The molecular formula is C21H22N4O3. The molecule has 28 heavy (non-hydrogen) atoms. The summed E-state index contributed by atoms with van der Waals surface area (Å²) in [6.45, 7) is 4.30. The van der Waals surface area contributed by atoms with E-state index in [0.29, 0.717) is 43.6 Å². The van der Waals surface area contributed by atoms with Crippen LogP contribution >= 0.6 is 0 Å². The van der Waals surface area contributed by atoms with Crippen molar-refractivity contribution in [1.29, 1.82) is 0 Å². The standard InChI is InChI=1S/C21H22N4O3/c1-15-22-23-21(28-15)25-12-10-24(11-13-25)20(26)17-8-9-19(27-2)18(14-17)16-6-4-3-5-7-16/h3-9,14H,10-13H2,1-2H3. The normalized spacial score (nSPS) is 14.2. The summed E-state index contributed by atoms with van der Waals surface area (Å²) in [6.07, 6.45) is 0. The third-order valence-electron chi connectivity index (χ3n) is 4.88. The Morgan fingerprint density at radius 2 is 1.79 bits per heavy atom. The van der Waals surface area contributed by atoms with Crippen LogP contribution in [0.15, 0.2) is 52.9 Å². The molecule has 1 fully saturated rings. The van der Waals surface area contributed by atoms with Crippen LogP contribution in [0.3, 0.4) is 0 Å². The summed E-state index contributed by atoms with van der Waals surface area (Å²) in [5.74, 6) is 1.31. The maximum atomic E-state index is 13.0. The average Bonchev–Trinajstić information content (AvgIpc) is 3.20. The van der Waals surface area contributed by atoms with Gasteiger partial charge in [0.05, 0.1) is 7.11 Å². The van der Waals surface area contributed by atoms with E-state index in [1.165, 1.54) is 0 Å². The number of ether oxygens (including phenoxy) is 1. The number of anilines is 1. The van der Waals surface area contributed by atoms with Crippen LogP contribution < -0.4 is 9.64 Å². The summed E-state index contributed by atoms with van der Waals surface area (Å²) in [7, 11) is 1.64. The number of aryl methyl sites for hydroxylation is 1. The zero-order valence-electron chi connectivity index (χ0n) is 16.0. The largest absolute Gasteiger partial charge is 0.496 e. The Labute approximate surface area is 163 Å². The maximum Gasteiger partial charge on any atom is 0.318 e. The van der Waals surface area contributed by atoms with Crippen molar-refractivity contribution < 1.29 is 13.9 Å². The number of aromatic nitrogens is 2. The van der Waals surface area contributed by atoms with Crippen molar-refractivity contribution in [3.05, 3.63) is 60.0 Å². The summed E-state index contributed by atoms with van der Waals surface area (Å²) >= 11 is 0. The van der Waals surface area contributed by atoms with E-state index >= 15 is 0 Å². The van der Waals surface area contributed by atoms with Gasteiger partial charge in [-0.15, -0.1) is 5.10 Å². The molecule has 144 valence electrons. The Balaban J connectivity index is 1.51. The molecule has 1 aromatic heterocycles. The van der Waals surface area contributed by atoms with Crippen molar-refractivity contribution in [2.45, 2.75) is 6.92 Å². The molecule has 0 bridgehead atoms. The molecule has 0 atom stereocenters. The van der Waals surface area contributed by atoms with Gasteiger partial charge in [-0.1, -0.05) is 35.4 Å². The summed E-state index contributed by atoms with van der Waals surface area (Å²) in [4.78, 5) is 16.9. The van der Waals surface area contributed by atoms with Crippen LogP contribution in [0.5, 0.6) is 5.75 Å². The minimum absolute atomic E-state index is 0.0150. The lowest BCUT2D eigenvalue weighted by Crippen LogP contribution is -2.49. The molecular weight excluding hydrogens is 356 g/mol. The van der Waals surface area contributed by atoms with E-state index in [1.54, 1.807) is 14.0 Å². The Morgan fingerprint density at radius 1 is 1.04 bits per heavy atom. The van der Waals surface area contributed by atoms with Crippen molar-refractivity contribution in [2.75, 3.05) is 38.2 Å². The predicted octanol–water partition coefficient (Wildman–Crippen LogP) is 3.02. The van der Waals surface area contributed by atoms with Gasteiger partial charge >= 0.3 is 6.01 Å². The summed E-state index contributed by atoms with van der Waals surface area (Å²) in [5, 5.41) is 7.92. The quantitative estimate of drug-likeness (QED) is 0.695. The molecule has 0 aliphatic carbocycles. The first-order chi connectivity index (χ1) is 13.7. The minimum Gasteiger partial charge on any atom is -0.496 e. The highest BCUT2D eigenvalue weighted by atomic mass is 16.5. The van der Waals surface area contributed by atoms with Crippen molar-refractivity contribution in [2.24, 2.45) is 0 Å². The summed E-state index contributed by atoms with van der Waals surface area (Å²) in [6, 6.07) is 16.0. The molecule has 0 N–H and O–H groups in total. The van der Waals surface area contributed by atoms with E-state index in [0.717, 1.165) is 16.9 Å². The molecule has 1 aliphatic heterocycles. The predicted molar refractivity (Wildman–Crippen MR) is 106 cm³/mol. The molecule has 7 nitrogen and oxygen atoms in total. The van der Waals surface area contributed by atoms with Gasteiger partial charge in [0.1, 0.15) is 5.75 Å². The number of hydrogen-bond acceptors (Lipinski definition) is 6. The first kappa shape index (κ1) is 18.0. The van der Waals surface area contributed by atoms with Gasteiger partial charge in [-0.3, -0.25) is 4.79 Å². The van der Waals surface area contributed by atoms with Gasteiger partial charge in [0.2, 0.25) is 5.89 Å². The first-order valence-corrected chi connectivity index (χ1v) is 9.23. The molecule has 1 amide bonds. The molecule has 7 heteroatoms.